The van der Waals surface area contributed by atoms with Crippen LogP contribution in [0.25, 0.3) is 11.1 Å². The lowest BCUT2D eigenvalue weighted by Gasteiger charge is -2.09. The Balaban J connectivity index is 0.000000227. The van der Waals surface area contributed by atoms with Crippen molar-refractivity contribution in [3.63, 3.8) is 0 Å². The van der Waals surface area contributed by atoms with Crippen LogP contribution >= 0.6 is 0 Å². The van der Waals surface area contributed by atoms with Gasteiger partial charge in [0.1, 0.15) is 76.4 Å². The van der Waals surface area contributed by atoms with Crippen molar-refractivity contribution in [2.24, 2.45) is 0 Å². The molecule has 26 heteroatoms. The molecular weight excluding hydrogens is 1450 g/mol. The molecule has 0 fully saturated rings. The van der Waals surface area contributed by atoms with Crippen LogP contribution in [0.15, 0.2) is 233 Å². The van der Waals surface area contributed by atoms with E-state index in [2.05, 4.69) is 27.7 Å². The zero-order valence-corrected chi connectivity index (χ0v) is 62.8. The number of ether oxygens (including phenoxy) is 8. The van der Waals surface area contributed by atoms with Crippen molar-refractivity contribution >= 4 is 60.2 Å². The molecule has 9 aromatic rings. The number of esters is 4. The van der Waals surface area contributed by atoms with Crippen molar-refractivity contribution in [3.8, 4) is 57.1 Å². The molecule has 0 unspecified atom stereocenters. The molecule has 0 radical (unpaired) electrons. The number of benzene rings is 9. The minimum Gasteiger partial charge on any atom is -0.744 e. The molecule has 0 atom stereocenters. The zero-order chi connectivity index (χ0) is 78.3. The van der Waals surface area contributed by atoms with Crippen LogP contribution in [0.3, 0.4) is 0 Å². The standard InChI is InChI=1S/C25H26O6S.C20H22O5.C19H22O6S.C18H20O6S/c1-2-3-4-5-18-30-22-12-8-21(9-13-22)25(26)31-23-14-6-19(7-15-23)20-10-16-24(17-11-20)32(27,28)29;1-2-3-4-5-14-24-17-10-8-16(9-11-17)20(23)25-18-12-6-15(7-13-18)19(21)22;1-2-3-4-5-14-24-16-8-6-15(7-9-16)19(20)25-17-10-12-18(13-11-17)26(21,22)23;1-2-3-4-13-23-15-7-5-14(6-8-15)18(19)24-16-9-11-17(12-10-16)25(20,21)22/h6-17H,2-5,18H2,1H3,(H,27,28,29);6-13H,2-5,14H2,1H3,(H,21,22);6-13H,2-5,14H2,1H3,(H,21,22,23);5-12H,2-4,13H2,1H3,(H,20,21,22)/p-4. The Morgan fingerprint density at radius 2 is 0.435 bits per heavy atom. The number of aromatic carboxylic acids is 1. The van der Waals surface area contributed by atoms with Gasteiger partial charge in [-0.1, -0.05) is 123 Å². The van der Waals surface area contributed by atoms with Gasteiger partial charge in [0, 0.05) is 0 Å². The van der Waals surface area contributed by atoms with Crippen LogP contribution in [0, 0.1) is 0 Å². The average molecular weight is 1540 g/mol. The van der Waals surface area contributed by atoms with E-state index < -0.39 is 60.2 Å². The quantitative estimate of drug-likeness (QED) is 0.0152. The topological polar surface area (TPSA) is 354 Å². The summed E-state index contributed by atoms with van der Waals surface area (Å²) in [6, 6.07) is 54.1. The molecule has 0 aliphatic rings. The number of rotatable bonds is 36. The largest absolute Gasteiger partial charge is 0.744 e. The van der Waals surface area contributed by atoms with Gasteiger partial charge < -0.3 is 61.5 Å². The summed E-state index contributed by atoms with van der Waals surface area (Å²) in [5.41, 5.74) is 3.04. The molecule has 574 valence electrons. The number of carboxylic acid groups (broad SMARTS) is 1. The van der Waals surface area contributed by atoms with Gasteiger partial charge in [-0.25, -0.2) is 44.4 Å². The van der Waals surface area contributed by atoms with Crippen LogP contribution in [0.5, 0.6) is 46.0 Å². The summed E-state index contributed by atoms with van der Waals surface area (Å²) in [7, 11) is -13.5. The summed E-state index contributed by atoms with van der Waals surface area (Å²) in [5, 5.41) is 10.7. The van der Waals surface area contributed by atoms with Gasteiger partial charge in [-0.05, 0) is 236 Å². The first-order chi connectivity index (χ1) is 51.8. The minimum absolute atomic E-state index is 0.0280. The maximum absolute atomic E-state index is 12.4. The lowest BCUT2D eigenvalue weighted by atomic mass is 10.1. The highest BCUT2D eigenvalue weighted by molar-refractivity contribution is 7.86. The maximum Gasteiger partial charge on any atom is 0.343 e. The molecule has 0 aliphatic heterocycles. The normalized spacial score (nSPS) is 11.0. The number of hydrogen-bond acceptors (Lipinski definition) is 23. The van der Waals surface area contributed by atoms with Crippen LogP contribution in [0.4, 0.5) is 0 Å². The van der Waals surface area contributed by atoms with Gasteiger partial charge in [0.05, 0.1) is 69.3 Å². The Hall–Kier alpha value is -10.7. The van der Waals surface area contributed by atoms with E-state index in [1.54, 1.807) is 133 Å². The third-order valence-electron chi connectivity index (χ3n) is 15.7. The third-order valence-corrected chi connectivity index (χ3v) is 18.2. The number of carbonyl (C=O) groups excluding carboxylic acids is 5. The van der Waals surface area contributed by atoms with E-state index in [1.165, 1.54) is 99.2 Å². The second-order valence-electron chi connectivity index (χ2n) is 24.1. The maximum atomic E-state index is 12.4. The molecule has 23 nitrogen and oxygen atoms in total. The van der Waals surface area contributed by atoms with E-state index in [9.17, 15) is 68.0 Å². The van der Waals surface area contributed by atoms with Gasteiger partial charge in [-0.15, -0.1) is 0 Å². The molecule has 0 aromatic heterocycles. The lowest BCUT2D eigenvalue weighted by molar-refractivity contribution is -0.255. The van der Waals surface area contributed by atoms with E-state index in [-0.39, 0.29) is 37.5 Å². The molecule has 0 spiro atoms. The highest BCUT2D eigenvalue weighted by atomic mass is 32.2. The molecule has 0 bridgehead atoms. The minimum atomic E-state index is -4.52. The molecule has 9 rings (SSSR count). The summed E-state index contributed by atoms with van der Waals surface area (Å²) in [4.78, 5) is 58.3. The van der Waals surface area contributed by atoms with Crippen molar-refractivity contribution in [1.29, 1.82) is 0 Å². The SMILES string of the molecule is CCCCCCOc1ccc(C(=O)Oc2ccc(-c3ccc(S(=O)(=O)[O-])cc3)cc2)cc1.CCCCCCOc1ccc(C(=O)Oc2ccc(C(=O)[O-])cc2)cc1.CCCCCCOc1ccc(C(=O)Oc2ccc(S(=O)(=O)[O-])cc2)cc1.CCCCCOc1ccc(C(=O)Oc2ccc(S(=O)(=O)[O-])cc2)cc1. The molecule has 9 aromatic carbocycles. The molecule has 0 saturated heterocycles. The Morgan fingerprint density at radius 1 is 0.250 bits per heavy atom. The second kappa shape index (κ2) is 45.0. The number of carboxylic acids is 1. The van der Waals surface area contributed by atoms with Crippen molar-refractivity contribution in [3.05, 3.63) is 246 Å². The average Bonchev–Trinajstić information content (AvgIpc) is 0.835. The smallest absolute Gasteiger partial charge is 0.343 e. The fraction of sp³-hybridized carbons (Fsp3) is 0.280. The number of hydrogen-bond donors (Lipinski definition) is 0. The molecule has 108 heavy (non-hydrogen) atoms. The summed E-state index contributed by atoms with van der Waals surface area (Å²) in [6.07, 6.45) is 16.8. The first kappa shape index (κ1) is 86.2. The van der Waals surface area contributed by atoms with Crippen LogP contribution in [-0.2, 0) is 30.4 Å². The van der Waals surface area contributed by atoms with Crippen molar-refractivity contribution in [1.82, 2.24) is 0 Å². The van der Waals surface area contributed by atoms with E-state index in [1.807, 2.05) is 0 Å². The fourth-order valence-electron chi connectivity index (χ4n) is 9.65. The molecule has 0 heterocycles. The van der Waals surface area contributed by atoms with Gasteiger partial charge in [0.15, 0.2) is 0 Å². The Kier molecular flexibility index (Phi) is 35.9. The molecule has 0 N–H and O–H groups in total. The van der Waals surface area contributed by atoms with Gasteiger partial charge >= 0.3 is 23.9 Å². The van der Waals surface area contributed by atoms with E-state index >= 15 is 0 Å². The van der Waals surface area contributed by atoms with Crippen molar-refractivity contribution in [2.75, 3.05) is 26.4 Å². The monoisotopic (exact) mass is 1530 g/mol. The molecule has 0 aliphatic carbocycles. The van der Waals surface area contributed by atoms with Crippen LogP contribution < -0.4 is 43.0 Å². The van der Waals surface area contributed by atoms with Crippen LogP contribution in [0.2, 0.25) is 0 Å². The fourth-order valence-corrected chi connectivity index (χ4v) is 11.1. The third kappa shape index (κ3) is 31.4. The van der Waals surface area contributed by atoms with E-state index in [0.29, 0.717) is 71.7 Å². The summed E-state index contributed by atoms with van der Waals surface area (Å²) >= 11 is 0. The van der Waals surface area contributed by atoms with Crippen molar-refractivity contribution in [2.45, 2.75) is 139 Å². The van der Waals surface area contributed by atoms with E-state index in [0.717, 1.165) is 98.9 Å². The number of unbranched alkanes of at least 4 members (excludes halogenated alkanes) is 11. The Morgan fingerprint density at radius 3 is 0.667 bits per heavy atom. The Bertz CT molecular complexity index is 4590. The summed E-state index contributed by atoms with van der Waals surface area (Å²) in [6.45, 7) is 11.2. The zero-order valence-electron chi connectivity index (χ0n) is 60.3. The molecular formula is C82H86O23S3-4. The van der Waals surface area contributed by atoms with Crippen LogP contribution in [0.1, 0.15) is 176 Å². The van der Waals surface area contributed by atoms with Gasteiger partial charge in [-0.2, -0.15) is 0 Å². The first-order valence-electron chi connectivity index (χ1n) is 35.2. The van der Waals surface area contributed by atoms with Gasteiger partial charge in [-0.3, -0.25) is 0 Å². The highest BCUT2D eigenvalue weighted by Crippen LogP contribution is 2.27. The van der Waals surface area contributed by atoms with Crippen molar-refractivity contribution < 1.29 is 106 Å². The second-order valence-corrected chi connectivity index (χ2v) is 28.2. The summed E-state index contributed by atoms with van der Waals surface area (Å²) in [5.74, 6) is 0.310. The molecule has 0 amide bonds. The summed E-state index contributed by atoms with van der Waals surface area (Å²) < 4.78 is 142. The van der Waals surface area contributed by atoms with Gasteiger partial charge in [0.25, 0.3) is 0 Å². The Labute approximate surface area is 631 Å². The van der Waals surface area contributed by atoms with E-state index in [4.69, 9.17) is 37.9 Å². The number of carbonyl (C=O) groups is 5. The lowest BCUT2D eigenvalue weighted by Crippen LogP contribution is -2.22. The molecule has 0 saturated carbocycles. The van der Waals surface area contributed by atoms with Gasteiger partial charge in [0.2, 0.25) is 0 Å². The predicted octanol–water partition coefficient (Wildman–Crippen LogP) is 15.8. The highest BCUT2D eigenvalue weighted by Gasteiger charge is 2.15. The van der Waals surface area contributed by atoms with Crippen LogP contribution in [-0.4, -0.2) is 95.2 Å². The predicted molar refractivity (Wildman–Crippen MR) is 399 cm³/mol. The first-order valence-corrected chi connectivity index (χ1v) is 39.4.